The van der Waals surface area contributed by atoms with Crippen molar-refractivity contribution in [1.82, 2.24) is 20.2 Å². The predicted octanol–water partition coefficient (Wildman–Crippen LogP) is 2.63. The fourth-order valence-electron chi connectivity index (χ4n) is 2.46. The van der Waals surface area contributed by atoms with E-state index >= 15 is 0 Å². The lowest BCUT2D eigenvalue weighted by molar-refractivity contribution is 0.102. The molecule has 0 spiro atoms. The van der Waals surface area contributed by atoms with E-state index in [1.165, 1.54) is 0 Å². The Labute approximate surface area is 150 Å². The van der Waals surface area contributed by atoms with Crippen molar-refractivity contribution in [3.05, 3.63) is 53.9 Å². The average Bonchev–Trinajstić information content (AvgIpc) is 3.08. The Morgan fingerprint density at radius 3 is 2.58 bits per heavy atom. The van der Waals surface area contributed by atoms with Crippen LogP contribution in [0.25, 0.3) is 5.69 Å². The fourth-order valence-corrected chi connectivity index (χ4v) is 2.46. The summed E-state index contributed by atoms with van der Waals surface area (Å²) in [7, 11) is 1.57. The molecule has 0 unspecified atom stereocenters. The number of carbonyl (C=O) groups is 1. The summed E-state index contributed by atoms with van der Waals surface area (Å²) in [6, 6.07) is 12.2. The van der Waals surface area contributed by atoms with Gasteiger partial charge in [0.05, 0.1) is 13.7 Å². The number of aromatic nitrogens is 4. The molecule has 8 heteroatoms. The van der Waals surface area contributed by atoms with Gasteiger partial charge in [0.25, 0.3) is 5.91 Å². The molecule has 0 bridgehead atoms. The number of nitrogens with zero attached hydrogens (tertiary/aromatic N) is 4. The Bertz CT molecular complexity index is 905. The van der Waals surface area contributed by atoms with Gasteiger partial charge in [0, 0.05) is 11.3 Å². The largest absolute Gasteiger partial charge is 0.494 e. The van der Waals surface area contributed by atoms with Crippen LogP contribution in [0.3, 0.4) is 0 Å². The van der Waals surface area contributed by atoms with Gasteiger partial charge in [0.15, 0.2) is 5.82 Å². The molecule has 8 nitrogen and oxygen atoms in total. The third-order valence-corrected chi connectivity index (χ3v) is 3.72. The molecule has 0 saturated heterocycles. The molecule has 1 N–H and O–H groups in total. The summed E-state index contributed by atoms with van der Waals surface area (Å²) in [5.41, 5.74) is 1.78. The number of hydrogen-bond acceptors (Lipinski definition) is 6. The summed E-state index contributed by atoms with van der Waals surface area (Å²) >= 11 is 0. The number of hydrogen-bond donors (Lipinski definition) is 1. The summed E-state index contributed by atoms with van der Waals surface area (Å²) in [6.45, 7) is 4.27. The topological polar surface area (TPSA) is 91.2 Å². The lowest BCUT2D eigenvalue weighted by Gasteiger charge is -2.12. The highest BCUT2D eigenvalue weighted by molar-refractivity contribution is 6.04. The van der Waals surface area contributed by atoms with E-state index < -0.39 is 0 Å². The van der Waals surface area contributed by atoms with Gasteiger partial charge in [-0.25, -0.2) is 0 Å². The molecule has 26 heavy (non-hydrogen) atoms. The third kappa shape index (κ3) is 3.64. The van der Waals surface area contributed by atoms with Crippen molar-refractivity contribution in [1.29, 1.82) is 0 Å². The van der Waals surface area contributed by atoms with Crippen molar-refractivity contribution >= 4 is 11.6 Å². The quantitative estimate of drug-likeness (QED) is 0.732. The first kappa shape index (κ1) is 17.4. The number of ether oxygens (including phenoxy) is 2. The second-order valence-corrected chi connectivity index (χ2v) is 5.44. The number of anilines is 1. The lowest BCUT2D eigenvalue weighted by Crippen LogP contribution is -2.12. The van der Waals surface area contributed by atoms with Crippen LogP contribution in [0.2, 0.25) is 0 Å². The Morgan fingerprint density at radius 1 is 1.19 bits per heavy atom. The second-order valence-electron chi connectivity index (χ2n) is 5.44. The third-order valence-electron chi connectivity index (χ3n) is 3.72. The molecule has 3 aromatic rings. The van der Waals surface area contributed by atoms with Crippen LogP contribution in [0.4, 0.5) is 5.69 Å². The fraction of sp³-hybridized carbons (Fsp3) is 0.222. The zero-order valence-corrected chi connectivity index (χ0v) is 14.8. The first-order valence-corrected chi connectivity index (χ1v) is 8.10. The van der Waals surface area contributed by atoms with E-state index in [-0.39, 0.29) is 5.91 Å². The summed E-state index contributed by atoms with van der Waals surface area (Å²) in [6.07, 6.45) is 0. The molecule has 0 radical (unpaired) electrons. The maximum Gasteiger partial charge on any atom is 0.255 e. The molecule has 134 valence electrons. The van der Waals surface area contributed by atoms with Crippen LogP contribution < -0.4 is 14.8 Å². The molecule has 0 aliphatic carbocycles. The number of methoxy groups -OCH3 is 1. The molecule has 0 aliphatic rings. The van der Waals surface area contributed by atoms with Crippen LogP contribution in [-0.2, 0) is 0 Å². The molecule has 2 aromatic carbocycles. The molecule has 0 fully saturated rings. The van der Waals surface area contributed by atoms with Gasteiger partial charge in [0.1, 0.15) is 17.2 Å². The van der Waals surface area contributed by atoms with Gasteiger partial charge in [-0.1, -0.05) is 0 Å². The van der Waals surface area contributed by atoms with E-state index in [1.807, 2.05) is 6.92 Å². The van der Waals surface area contributed by atoms with Gasteiger partial charge in [-0.2, -0.15) is 4.68 Å². The van der Waals surface area contributed by atoms with Crippen LogP contribution >= 0.6 is 0 Å². The number of amides is 1. The number of carbonyl (C=O) groups excluding carboxylic acids is 1. The van der Waals surface area contributed by atoms with Gasteiger partial charge >= 0.3 is 0 Å². The van der Waals surface area contributed by atoms with Crippen molar-refractivity contribution in [2.24, 2.45) is 0 Å². The van der Waals surface area contributed by atoms with Crippen molar-refractivity contribution in [2.75, 3.05) is 19.0 Å². The predicted molar refractivity (Wildman–Crippen MR) is 96.0 cm³/mol. The second kappa shape index (κ2) is 7.64. The van der Waals surface area contributed by atoms with E-state index in [9.17, 15) is 4.79 Å². The van der Waals surface area contributed by atoms with E-state index in [4.69, 9.17) is 9.47 Å². The molecule has 3 rings (SSSR count). The summed E-state index contributed by atoms with van der Waals surface area (Å²) in [5, 5.41) is 14.3. The molecule has 1 aromatic heterocycles. The zero-order chi connectivity index (χ0) is 18.5. The number of aryl methyl sites for hydroxylation is 1. The summed E-state index contributed by atoms with van der Waals surface area (Å²) < 4.78 is 12.3. The Balaban J connectivity index is 1.83. The number of tetrazole rings is 1. The van der Waals surface area contributed by atoms with Gasteiger partial charge < -0.3 is 14.8 Å². The van der Waals surface area contributed by atoms with Gasteiger partial charge in [-0.3, -0.25) is 4.79 Å². The number of rotatable bonds is 6. The zero-order valence-electron chi connectivity index (χ0n) is 14.8. The molecule has 0 saturated carbocycles. The van der Waals surface area contributed by atoms with E-state index in [0.29, 0.717) is 35.1 Å². The summed E-state index contributed by atoms with van der Waals surface area (Å²) in [4.78, 5) is 12.5. The number of benzene rings is 2. The molecule has 0 aliphatic heterocycles. The molecular formula is C18H19N5O3. The Kier molecular flexibility index (Phi) is 5.12. The van der Waals surface area contributed by atoms with Crippen molar-refractivity contribution < 1.29 is 14.3 Å². The van der Waals surface area contributed by atoms with Crippen molar-refractivity contribution in [3.63, 3.8) is 0 Å². The minimum Gasteiger partial charge on any atom is -0.494 e. The average molecular weight is 353 g/mol. The normalized spacial score (nSPS) is 10.4. The van der Waals surface area contributed by atoms with E-state index in [2.05, 4.69) is 20.8 Å². The van der Waals surface area contributed by atoms with Crippen LogP contribution in [0.15, 0.2) is 42.5 Å². The van der Waals surface area contributed by atoms with Crippen molar-refractivity contribution in [2.45, 2.75) is 13.8 Å². The van der Waals surface area contributed by atoms with Crippen LogP contribution in [0, 0.1) is 6.92 Å². The van der Waals surface area contributed by atoms with Crippen LogP contribution in [0.5, 0.6) is 11.5 Å². The Hall–Kier alpha value is -3.42. The lowest BCUT2D eigenvalue weighted by atomic mass is 10.2. The number of nitrogens with one attached hydrogen (secondary N) is 1. The first-order chi connectivity index (χ1) is 12.6. The minimum absolute atomic E-state index is 0.224. The van der Waals surface area contributed by atoms with Crippen molar-refractivity contribution in [3.8, 4) is 17.2 Å². The maximum absolute atomic E-state index is 12.5. The standard InChI is InChI=1S/C18H19N5O3/c1-4-26-15-8-5-13(6-9-15)18(24)19-14-7-10-17(25-3)16(11-14)23-12(2)20-21-22-23/h5-11H,4H2,1-3H3,(H,19,24). The molecule has 1 heterocycles. The Morgan fingerprint density at radius 2 is 1.96 bits per heavy atom. The highest BCUT2D eigenvalue weighted by atomic mass is 16.5. The SMILES string of the molecule is CCOc1ccc(C(=O)Nc2ccc(OC)c(-n3nnnc3C)c2)cc1. The van der Waals surface area contributed by atoms with Crippen LogP contribution in [0.1, 0.15) is 23.1 Å². The highest BCUT2D eigenvalue weighted by Crippen LogP contribution is 2.26. The van der Waals surface area contributed by atoms with E-state index in [0.717, 1.165) is 5.75 Å². The van der Waals surface area contributed by atoms with Crippen LogP contribution in [-0.4, -0.2) is 39.8 Å². The van der Waals surface area contributed by atoms with Gasteiger partial charge in [-0.05, 0) is 66.7 Å². The molecule has 1 amide bonds. The van der Waals surface area contributed by atoms with Gasteiger partial charge in [-0.15, -0.1) is 5.10 Å². The summed E-state index contributed by atoms with van der Waals surface area (Å²) in [5.74, 6) is 1.71. The van der Waals surface area contributed by atoms with E-state index in [1.54, 1.807) is 61.2 Å². The van der Waals surface area contributed by atoms with Gasteiger partial charge in [0.2, 0.25) is 0 Å². The highest BCUT2D eigenvalue weighted by Gasteiger charge is 2.13. The molecular weight excluding hydrogens is 334 g/mol. The maximum atomic E-state index is 12.5. The minimum atomic E-state index is -0.224. The smallest absolute Gasteiger partial charge is 0.255 e. The first-order valence-electron chi connectivity index (χ1n) is 8.10. The monoisotopic (exact) mass is 353 g/mol. The molecule has 0 atom stereocenters.